The van der Waals surface area contributed by atoms with Gasteiger partial charge in [0.25, 0.3) is 5.91 Å². The Bertz CT molecular complexity index is 691. The summed E-state index contributed by atoms with van der Waals surface area (Å²) in [7, 11) is 0. The summed E-state index contributed by atoms with van der Waals surface area (Å²) in [6.45, 7) is 0.248. The lowest BCUT2D eigenvalue weighted by Crippen LogP contribution is -2.22. The zero-order chi connectivity index (χ0) is 13.8. The van der Waals surface area contributed by atoms with Gasteiger partial charge in [-0.2, -0.15) is 5.10 Å². The Labute approximate surface area is 114 Å². The van der Waals surface area contributed by atoms with Gasteiger partial charge in [-0.05, 0) is 24.3 Å². The molecule has 3 rings (SSSR count). The van der Waals surface area contributed by atoms with Crippen molar-refractivity contribution in [1.29, 1.82) is 0 Å². The molecular formula is C13H11N5O2. The van der Waals surface area contributed by atoms with Gasteiger partial charge in [-0.25, -0.2) is 4.98 Å². The van der Waals surface area contributed by atoms with Crippen LogP contribution >= 0.6 is 0 Å². The summed E-state index contributed by atoms with van der Waals surface area (Å²) in [5, 5.41) is 9.55. The smallest absolute Gasteiger partial charge is 0.287 e. The molecule has 0 aliphatic carbocycles. The third-order valence-electron chi connectivity index (χ3n) is 2.63. The first kappa shape index (κ1) is 12.1. The highest BCUT2D eigenvalue weighted by Gasteiger charge is 2.10. The second kappa shape index (κ2) is 5.35. The van der Waals surface area contributed by atoms with Crippen LogP contribution in [-0.4, -0.2) is 26.1 Å². The number of amides is 1. The molecule has 0 saturated heterocycles. The largest absolute Gasteiger partial charge is 0.459 e. The van der Waals surface area contributed by atoms with Crippen LogP contribution in [0.25, 0.3) is 11.4 Å². The number of nitrogens with zero attached hydrogens (tertiary/aromatic N) is 3. The molecule has 0 aliphatic rings. The molecule has 0 unspecified atom stereocenters. The van der Waals surface area contributed by atoms with E-state index in [1.165, 1.54) is 6.26 Å². The summed E-state index contributed by atoms with van der Waals surface area (Å²) >= 11 is 0. The van der Waals surface area contributed by atoms with Crippen molar-refractivity contribution in [1.82, 2.24) is 25.5 Å². The Morgan fingerprint density at radius 1 is 1.30 bits per heavy atom. The lowest BCUT2D eigenvalue weighted by Gasteiger charge is -1.99. The second-order valence-corrected chi connectivity index (χ2v) is 4.00. The molecule has 3 aromatic rings. The van der Waals surface area contributed by atoms with E-state index in [9.17, 15) is 4.79 Å². The Kier molecular flexibility index (Phi) is 3.24. The van der Waals surface area contributed by atoms with E-state index in [1.807, 2.05) is 12.1 Å². The topological polar surface area (TPSA) is 96.7 Å². The van der Waals surface area contributed by atoms with Crippen LogP contribution in [0, 0.1) is 0 Å². The third kappa shape index (κ3) is 2.56. The first-order valence-corrected chi connectivity index (χ1v) is 5.96. The molecule has 0 saturated carbocycles. The molecule has 0 bridgehead atoms. The number of carbonyl (C=O) groups is 1. The molecule has 1 amide bonds. The van der Waals surface area contributed by atoms with Crippen LogP contribution in [0.3, 0.4) is 0 Å². The van der Waals surface area contributed by atoms with Crippen molar-refractivity contribution in [3.05, 3.63) is 54.5 Å². The van der Waals surface area contributed by atoms with Crippen molar-refractivity contribution < 1.29 is 9.21 Å². The van der Waals surface area contributed by atoms with Crippen molar-refractivity contribution in [3.63, 3.8) is 0 Å². The minimum atomic E-state index is -0.295. The van der Waals surface area contributed by atoms with Crippen LogP contribution in [0.4, 0.5) is 0 Å². The monoisotopic (exact) mass is 269 g/mol. The maximum Gasteiger partial charge on any atom is 0.287 e. The predicted molar refractivity (Wildman–Crippen MR) is 69.5 cm³/mol. The lowest BCUT2D eigenvalue weighted by molar-refractivity contribution is 0.0922. The average Bonchev–Trinajstić information content (AvgIpc) is 3.17. The van der Waals surface area contributed by atoms with E-state index in [2.05, 4.69) is 25.5 Å². The van der Waals surface area contributed by atoms with Crippen molar-refractivity contribution in [2.45, 2.75) is 6.54 Å². The Hall–Kier alpha value is -2.96. The van der Waals surface area contributed by atoms with Crippen LogP contribution in [0.15, 0.2) is 47.3 Å². The number of aromatic nitrogens is 4. The lowest BCUT2D eigenvalue weighted by atomic mass is 10.2. The Morgan fingerprint density at radius 3 is 2.90 bits per heavy atom. The van der Waals surface area contributed by atoms with E-state index in [0.717, 1.165) is 5.56 Å². The standard InChI is InChI=1S/C13H11N5O2/c19-13(10-2-1-7-20-10)15-8-11-16-12(18-17-11)9-3-5-14-6-4-9/h1-7H,8H2,(H,15,19)(H,16,17,18). The molecule has 7 nitrogen and oxygen atoms in total. The maximum atomic E-state index is 11.7. The maximum absolute atomic E-state index is 11.7. The molecule has 3 heterocycles. The zero-order valence-corrected chi connectivity index (χ0v) is 10.4. The minimum absolute atomic E-state index is 0.248. The number of hydrogen-bond donors (Lipinski definition) is 2. The fraction of sp³-hybridized carbons (Fsp3) is 0.0769. The molecular weight excluding hydrogens is 258 g/mol. The molecule has 3 aromatic heterocycles. The average molecular weight is 269 g/mol. The Morgan fingerprint density at radius 2 is 2.15 bits per heavy atom. The highest BCUT2D eigenvalue weighted by molar-refractivity contribution is 5.91. The number of rotatable bonds is 4. The molecule has 7 heteroatoms. The van der Waals surface area contributed by atoms with Gasteiger partial charge in [-0.1, -0.05) is 0 Å². The van der Waals surface area contributed by atoms with Gasteiger partial charge < -0.3 is 9.73 Å². The molecule has 0 spiro atoms. The summed E-state index contributed by atoms with van der Waals surface area (Å²) < 4.78 is 4.99. The molecule has 0 atom stereocenters. The van der Waals surface area contributed by atoms with Gasteiger partial charge in [-0.3, -0.25) is 14.9 Å². The fourth-order valence-electron chi connectivity index (χ4n) is 1.66. The number of aromatic amines is 1. The summed E-state index contributed by atoms with van der Waals surface area (Å²) in [6, 6.07) is 6.88. The SMILES string of the molecule is O=C(NCc1nc(-c2ccncc2)n[nH]1)c1ccco1. The van der Waals surface area contributed by atoms with E-state index < -0.39 is 0 Å². The number of hydrogen-bond acceptors (Lipinski definition) is 5. The van der Waals surface area contributed by atoms with Gasteiger partial charge in [0.2, 0.25) is 0 Å². The van der Waals surface area contributed by atoms with Gasteiger partial charge in [0.15, 0.2) is 11.6 Å². The van der Waals surface area contributed by atoms with Crippen LogP contribution in [0.1, 0.15) is 16.4 Å². The zero-order valence-electron chi connectivity index (χ0n) is 10.4. The van der Waals surface area contributed by atoms with E-state index in [4.69, 9.17) is 4.42 Å². The van der Waals surface area contributed by atoms with E-state index >= 15 is 0 Å². The number of pyridine rings is 1. The van der Waals surface area contributed by atoms with Crippen LogP contribution in [-0.2, 0) is 6.54 Å². The summed E-state index contributed by atoms with van der Waals surface area (Å²) in [5.41, 5.74) is 0.861. The highest BCUT2D eigenvalue weighted by Crippen LogP contribution is 2.12. The molecule has 100 valence electrons. The second-order valence-electron chi connectivity index (χ2n) is 4.00. The van der Waals surface area contributed by atoms with Gasteiger partial charge >= 0.3 is 0 Å². The number of nitrogens with one attached hydrogen (secondary N) is 2. The van der Waals surface area contributed by atoms with Crippen LogP contribution < -0.4 is 5.32 Å². The minimum Gasteiger partial charge on any atom is -0.459 e. The Balaban J connectivity index is 1.65. The van der Waals surface area contributed by atoms with Crippen molar-refractivity contribution in [3.8, 4) is 11.4 Å². The molecule has 0 radical (unpaired) electrons. The highest BCUT2D eigenvalue weighted by atomic mass is 16.3. The van der Waals surface area contributed by atoms with Crippen molar-refractivity contribution in [2.24, 2.45) is 0 Å². The first-order valence-electron chi connectivity index (χ1n) is 5.96. The van der Waals surface area contributed by atoms with Gasteiger partial charge in [0.05, 0.1) is 12.8 Å². The first-order chi connectivity index (χ1) is 9.83. The summed E-state index contributed by atoms with van der Waals surface area (Å²) in [5.74, 6) is 1.10. The normalized spacial score (nSPS) is 10.4. The summed E-state index contributed by atoms with van der Waals surface area (Å²) in [4.78, 5) is 19.9. The predicted octanol–water partition coefficient (Wildman–Crippen LogP) is 1.39. The fourth-order valence-corrected chi connectivity index (χ4v) is 1.66. The van der Waals surface area contributed by atoms with E-state index in [-0.39, 0.29) is 18.2 Å². The van der Waals surface area contributed by atoms with Gasteiger partial charge in [0, 0.05) is 18.0 Å². The number of H-pyrrole nitrogens is 1. The van der Waals surface area contributed by atoms with E-state index in [0.29, 0.717) is 11.6 Å². The molecule has 0 aliphatic heterocycles. The van der Waals surface area contributed by atoms with Crippen LogP contribution in [0.5, 0.6) is 0 Å². The molecule has 0 fully saturated rings. The molecule has 2 N–H and O–H groups in total. The van der Waals surface area contributed by atoms with Crippen LogP contribution in [0.2, 0.25) is 0 Å². The molecule has 20 heavy (non-hydrogen) atoms. The van der Waals surface area contributed by atoms with E-state index in [1.54, 1.807) is 24.5 Å². The number of carbonyl (C=O) groups excluding carboxylic acids is 1. The number of furan rings is 1. The third-order valence-corrected chi connectivity index (χ3v) is 2.63. The van der Waals surface area contributed by atoms with Crippen molar-refractivity contribution in [2.75, 3.05) is 0 Å². The van der Waals surface area contributed by atoms with Gasteiger partial charge in [-0.15, -0.1) is 0 Å². The van der Waals surface area contributed by atoms with Crippen molar-refractivity contribution >= 4 is 5.91 Å². The quantitative estimate of drug-likeness (QED) is 0.746. The van der Waals surface area contributed by atoms with Gasteiger partial charge in [0.1, 0.15) is 5.82 Å². The molecule has 0 aromatic carbocycles. The summed E-state index contributed by atoms with van der Waals surface area (Å²) in [6.07, 6.45) is 4.79.